The molecule has 2 heterocycles. The summed E-state index contributed by atoms with van der Waals surface area (Å²) in [5.41, 5.74) is 2.14. The van der Waals surface area contributed by atoms with E-state index in [0.717, 1.165) is 11.4 Å². The molecule has 0 saturated heterocycles. The molecule has 0 N–H and O–H groups in total. The summed E-state index contributed by atoms with van der Waals surface area (Å²) in [5, 5.41) is 0. The van der Waals surface area contributed by atoms with Crippen molar-refractivity contribution in [3.8, 4) is 11.4 Å². The molecule has 0 bridgehead atoms. The molecule has 0 unspecified atom stereocenters. The average Bonchev–Trinajstić information content (AvgIpc) is 2.98. The summed E-state index contributed by atoms with van der Waals surface area (Å²) < 4.78 is 2.22. The van der Waals surface area contributed by atoms with Gasteiger partial charge < -0.3 is 4.57 Å². The zero-order valence-electron chi connectivity index (χ0n) is 7.80. The highest BCUT2D eigenvalue weighted by Crippen LogP contribution is 2.37. The molecule has 14 heavy (non-hydrogen) atoms. The van der Waals surface area contributed by atoms with Crippen molar-refractivity contribution >= 4 is 0 Å². The van der Waals surface area contributed by atoms with Crippen molar-refractivity contribution in [3.63, 3.8) is 0 Å². The second-order valence-corrected chi connectivity index (χ2v) is 3.63. The molecule has 2 aromatic heterocycles. The fourth-order valence-corrected chi connectivity index (χ4v) is 1.66. The highest BCUT2D eigenvalue weighted by molar-refractivity contribution is 5.53. The molecule has 1 aliphatic rings. The maximum atomic E-state index is 4.33. The van der Waals surface area contributed by atoms with Crippen molar-refractivity contribution in [1.29, 1.82) is 0 Å². The summed E-state index contributed by atoms with van der Waals surface area (Å²) in [6.07, 6.45) is 8.16. The van der Waals surface area contributed by atoms with Crippen molar-refractivity contribution in [3.05, 3.63) is 36.9 Å². The first-order valence-corrected chi connectivity index (χ1v) is 4.88. The number of hydrogen-bond acceptors (Lipinski definition) is 2. The molecule has 1 fully saturated rings. The van der Waals surface area contributed by atoms with Crippen LogP contribution < -0.4 is 0 Å². The third kappa shape index (κ3) is 1.21. The quantitative estimate of drug-likeness (QED) is 0.718. The van der Waals surface area contributed by atoms with Crippen LogP contribution in [0.5, 0.6) is 0 Å². The Balaban J connectivity index is 2.07. The van der Waals surface area contributed by atoms with Gasteiger partial charge in [-0.05, 0) is 25.0 Å². The van der Waals surface area contributed by atoms with Gasteiger partial charge in [0.15, 0.2) is 0 Å². The highest BCUT2D eigenvalue weighted by atomic mass is 15.1. The van der Waals surface area contributed by atoms with Crippen LogP contribution in [0.2, 0.25) is 0 Å². The van der Waals surface area contributed by atoms with E-state index >= 15 is 0 Å². The molecule has 1 aliphatic carbocycles. The van der Waals surface area contributed by atoms with E-state index in [1.807, 2.05) is 36.9 Å². The van der Waals surface area contributed by atoms with Crippen LogP contribution in [0.3, 0.4) is 0 Å². The summed E-state index contributed by atoms with van der Waals surface area (Å²) in [6, 6.07) is 6.62. The molecule has 1 saturated carbocycles. The summed E-state index contributed by atoms with van der Waals surface area (Å²) in [7, 11) is 0. The number of imidazole rings is 1. The molecule has 0 radical (unpaired) electrons. The van der Waals surface area contributed by atoms with Crippen LogP contribution in [0.15, 0.2) is 36.9 Å². The van der Waals surface area contributed by atoms with E-state index in [1.54, 1.807) is 0 Å². The molecule has 70 valence electrons. The summed E-state index contributed by atoms with van der Waals surface area (Å²) >= 11 is 0. The first-order valence-electron chi connectivity index (χ1n) is 4.88. The molecule has 3 heteroatoms. The summed E-state index contributed by atoms with van der Waals surface area (Å²) in [6.45, 7) is 0. The smallest absolute Gasteiger partial charge is 0.0953 e. The fraction of sp³-hybridized carbons (Fsp3) is 0.273. The van der Waals surface area contributed by atoms with Gasteiger partial charge in [0, 0.05) is 12.2 Å². The molecule has 0 aromatic carbocycles. The first-order chi connectivity index (χ1) is 6.95. The normalized spacial score (nSPS) is 15.7. The van der Waals surface area contributed by atoms with Crippen molar-refractivity contribution < 1.29 is 0 Å². The monoisotopic (exact) mass is 185 g/mol. The lowest BCUT2D eigenvalue weighted by Crippen LogP contribution is -1.95. The Morgan fingerprint density at radius 1 is 1.29 bits per heavy atom. The van der Waals surface area contributed by atoms with E-state index < -0.39 is 0 Å². The van der Waals surface area contributed by atoms with E-state index in [-0.39, 0.29) is 0 Å². The van der Waals surface area contributed by atoms with Crippen LogP contribution in [0.4, 0.5) is 0 Å². The molecule has 3 nitrogen and oxygen atoms in total. The van der Waals surface area contributed by atoms with Gasteiger partial charge in [0.1, 0.15) is 0 Å². The minimum Gasteiger partial charge on any atom is -0.326 e. The second kappa shape index (κ2) is 2.94. The lowest BCUT2D eigenvalue weighted by atomic mass is 10.3. The van der Waals surface area contributed by atoms with Gasteiger partial charge in [-0.2, -0.15) is 0 Å². The van der Waals surface area contributed by atoms with Gasteiger partial charge in [-0.25, -0.2) is 4.98 Å². The van der Waals surface area contributed by atoms with E-state index in [9.17, 15) is 0 Å². The van der Waals surface area contributed by atoms with Gasteiger partial charge >= 0.3 is 0 Å². The molecular weight excluding hydrogens is 174 g/mol. The molecule has 0 aliphatic heterocycles. The van der Waals surface area contributed by atoms with Crippen molar-refractivity contribution in [2.75, 3.05) is 0 Å². The van der Waals surface area contributed by atoms with Crippen LogP contribution in [0, 0.1) is 0 Å². The third-order valence-corrected chi connectivity index (χ3v) is 2.53. The zero-order chi connectivity index (χ0) is 9.38. The third-order valence-electron chi connectivity index (χ3n) is 2.53. The molecular formula is C11H11N3. The van der Waals surface area contributed by atoms with E-state index in [0.29, 0.717) is 6.04 Å². The maximum Gasteiger partial charge on any atom is 0.0953 e. The van der Waals surface area contributed by atoms with Gasteiger partial charge in [0.05, 0.1) is 23.9 Å². The first kappa shape index (κ1) is 7.74. The lowest BCUT2D eigenvalue weighted by Gasteiger charge is -2.04. The zero-order valence-corrected chi connectivity index (χ0v) is 7.80. The predicted molar refractivity (Wildman–Crippen MR) is 53.7 cm³/mol. The number of hydrogen-bond donors (Lipinski definition) is 0. The van der Waals surface area contributed by atoms with Gasteiger partial charge in [0.25, 0.3) is 0 Å². The van der Waals surface area contributed by atoms with E-state index in [1.165, 1.54) is 12.8 Å². The Morgan fingerprint density at radius 3 is 2.93 bits per heavy atom. The second-order valence-electron chi connectivity index (χ2n) is 3.63. The van der Waals surface area contributed by atoms with Crippen molar-refractivity contribution in [1.82, 2.24) is 14.5 Å². The molecule has 3 rings (SSSR count). The van der Waals surface area contributed by atoms with Gasteiger partial charge in [-0.15, -0.1) is 0 Å². The molecule has 0 amide bonds. The Labute approximate surface area is 82.4 Å². The van der Waals surface area contributed by atoms with Crippen molar-refractivity contribution in [2.24, 2.45) is 0 Å². The lowest BCUT2D eigenvalue weighted by molar-refractivity contribution is 0.746. The maximum absolute atomic E-state index is 4.33. The standard InChI is InChI=1S/C11H11N3/c1-2-6-13-10(3-1)11-7-12-8-14(11)9-4-5-9/h1-3,6-9H,4-5H2. The van der Waals surface area contributed by atoms with Gasteiger partial charge in [0.2, 0.25) is 0 Å². The number of pyridine rings is 1. The van der Waals surface area contributed by atoms with Crippen LogP contribution >= 0.6 is 0 Å². The topological polar surface area (TPSA) is 30.7 Å². The molecule has 0 spiro atoms. The van der Waals surface area contributed by atoms with E-state index in [4.69, 9.17) is 0 Å². The SMILES string of the molecule is c1ccc(-c2cncn2C2CC2)nc1. The molecule has 2 aromatic rings. The van der Waals surface area contributed by atoms with Crippen molar-refractivity contribution in [2.45, 2.75) is 18.9 Å². The predicted octanol–water partition coefficient (Wildman–Crippen LogP) is 2.28. The van der Waals surface area contributed by atoms with Crippen LogP contribution in [-0.2, 0) is 0 Å². The van der Waals surface area contributed by atoms with Crippen LogP contribution in [-0.4, -0.2) is 14.5 Å². The number of rotatable bonds is 2. The largest absolute Gasteiger partial charge is 0.326 e. The summed E-state index contributed by atoms with van der Waals surface area (Å²) in [5.74, 6) is 0. The Hall–Kier alpha value is -1.64. The number of aromatic nitrogens is 3. The number of nitrogens with zero attached hydrogens (tertiary/aromatic N) is 3. The van der Waals surface area contributed by atoms with Crippen LogP contribution in [0.25, 0.3) is 11.4 Å². The highest BCUT2D eigenvalue weighted by Gasteiger charge is 2.25. The van der Waals surface area contributed by atoms with Gasteiger partial charge in [-0.3, -0.25) is 4.98 Å². The summed E-state index contributed by atoms with van der Waals surface area (Å²) in [4.78, 5) is 8.51. The Morgan fingerprint density at radius 2 is 2.21 bits per heavy atom. The Bertz CT molecular complexity index is 429. The Kier molecular flexibility index (Phi) is 1.63. The molecule has 0 atom stereocenters. The average molecular weight is 185 g/mol. The minimum absolute atomic E-state index is 0.662. The van der Waals surface area contributed by atoms with Crippen LogP contribution in [0.1, 0.15) is 18.9 Å². The van der Waals surface area contributed by atoms with Gasteiger partial charge in [-0.1, -0.05) is 6.07 Å². The minimum atomic E-state index is 0.662. The fourth-order valence-electron chi connectivity index (χ4n) is 1.66. The van der Waals surface area contributed by atoms with E-state index in [2.05, 4.69) is 14.5 Å².